The van der Waals surface area contributed by atoms with E-state index in [4.69, 9.17) is 16.3 Å². The maximum absolute atomic E-state index is 12.7. The van der Waals surface area contributed by atoms with Crippen LogP contribution in [0.5, 0.6) is 5.75 Å². The van der Waals surface area contributed by atoms with Gasteiger partial charge in [-0.1, -0.05) is 29.8 Å². The molecule has 3 aromatic rings. The van der Waals surface area contributed by atoms with Crippen LogP contribution in [0.2, 0.25) is 5.02 Å². The van der Waals surface area contributed by atoms with Gasteiger partial charge in [0.2, 0.25) is 0 Å². The summed E-state index contributed by atoms with van der Waals surface area (Å²) in [7, 11) is 3.38. The van der Waals surface area contributed by atoms with Gasteiger partial charge in [0.05, 0.1) is 29.1 Å². The van der Waals surface area contributed by atoms with Crippen molar-refractivity contribution in [1.82, 2.24) is 9.55 Å². The van der Waals surface area contributed by atoms with E-state index in [9.17, 15) is 4.79 Å². The zero-order valence-corrected chi connectivity index (χ0v) is 16.5. The summed E-state index contributed by atoms with van der Waals surface area (Å²) in [6.45, 7) is 0. The van der Waals surface area contributed by atoms with Gasteiger partial charge in [-0.05, 0) is 35.9 Å². The largest absolute Gasteiger partial charge is 0.495 e. The molecule has 0 radical (unpaired) electrons. The SMILES string of the molecule is CNc1ccc(-n2cnc(/C=C/c3ccc(Cl)cc3)c(S)c2=O)cc1OC. The van der Waals surface area contributed by atoms with Crippen molar-refractivity contribution in [2.75, 3.05) is 19.5 Å². The molecule has 138 valence electrons. The van der Waals surface area contributed by atoms with Crippen LogP contribution in [0.3, 0.4) is 0 Å². The molecule has 0 aliphatic heterocycles. The third-order valence-corrected chi connectivity index (χ3v) is 4.68. The van der Waals surface area contributed by atoms with Crippen molar-refractivity contribution >= 4 is 42.1 Å². The molecular formula is C20H18ClN3O2S. The number of methoxy groups -OCH3 is 1. The fourth-order valence-electron chi connectivity index (χ4n) is 2.55. The van der Waals surface area contributed by atoms with Gasteiger partial charge in [0.25, 0.3) is 5.56 Å². The van der Waals surface area contributed by atoms with Gasteiger partial charge in [0.1, 0.15) is 12.1 Å². The van der Waals surface area contributed by atoms with Crippen molar-refractivity contribution in [2.45, 2.75) is 4.90 Å². The summed E-state index contributed by atoms with van der Waals surface area (Å²) < 4.78 is 6.78. The summed E-state index contributed by atoms with van der Waals surface area (Å²) in [5.41, 5.74) is 2.66. The van der Waals surface area contributed by atoms with Crippen molar-refractivity contribution in [3.63, 3.8) is 0 Å². The molecular weight excluding hydrogens is 382 g/mol. The molecule has 0 unspecified atom stereocenters. The Morgan fingerprint density at radius 2 is 1.93 bits per heavy atom. The fourth-order valence-corrected chi connectivity index (χ4v) is 2.91. The van der Waals surface area contributed by atoms with E-state index in [1.165, 1.54) is 10.9 Å². The highest BCUT2D eigenvalue weighted by molar-refractivity contribution is 7.80. The summed E-state index contributed by atoms with van der Waals surface area (Å²) in [5, 5.41) is 3.70. The minimum Gasteiger partial charge on any atom is -0.495 e. The summed E-state index contributed by atoms with van der Waals surface area (Å²) in [4.78, 5) is 17.4. The van der Waals surface area contributed by atoms with E-state index >= 15 is 0 Å². The Balaban J connectivity index is 1.96. The summed E-state index contributed by atoms with van der Waals surface area (Å²) >= 11 is 10.3. The van der Waals surface area contributed by atoms with Crippen LogP contribution in [0.15, 0.2) is 58.5 Å². The van der Waals surface area contributed by atoms with Crippen molar-refractivity contribution in [3.05, 3.63) is 75.4 Å². The Labute approximate surface area is 167 Å². The highest BCUT2D eigenvalue weighted by Crippen LogP contribution is 2.26. The second-order valence-corrected chi connectivity index (χ2v) is 6.56. The Bertz CT molecular complexity index is 1050. The lowest BCUT2D eigenvalue weighted by atomic mass is 10.2. The molecule has 27 heavy (non-hydrogen) atoms. The van der Waals surface area contributed by atoms with Gasteiger partial charge in [-0.3, -0.25) is 9.36 Å². The van der Waals surface area contributed by atoms with Crippen LogP contribution in [0.1, 0.15) is 11.3 Å². The number of benzene rings is 2. The van der Waals surface area contributed by atoms with Crippen molar-refractivity contribution in [3.8, 4) is 11.4 Å². The number of hydrogen-bond acceptors (Lipinski definition) is 5. The molecule has 0 fully saturated rings. The van der Waals surface area contributed by atoms with Gasteiger partial charge in [-0.15, -0.1) is 12.6 Å². The molecule has 0 saturated carbocycles. The Morgan fingerprint density at radius 3 is 2.59 bits per heavy atom. The maximum atomic E-state index is 12.7. The van der Waals surface area contributed by atoms with Crippen molar-refractivity contribution in [1.29, 1.82) is 0 Å². The predicted molar refractivity (Wildman–Crippen MR) is 114 cm³/mol. The van der Waals surface area contributed by atoms with Gasteiger partial charge in [-0.25, -0.2) is 4.98 Å². The normalized spacial score (nSPS) is 11.0. The first-order chi connectivity index (χ1) is 13.0. The first-order valence-electron chi connectivity index (χ1n) is 8.14. The molecule has 0 bridgehead atoms. The minimum atomic E-state index is -0.261. The summed E-state index contributed by atoms with van der Waals surface area (Å²) in [5.74, 6) is 0.634. The molecule has 0 spiro atoms. The first kappa shape index (κ1) is 19.1. The average Bonchev–Trinajstić information content (AvgIpc) is 2.70. The number of halogens is 1. The van der Waals surface area contributed by atoms with Crippen LogP contribution in [-0.2, 0) is 0 Å². The molecule has 1 N–H and O–H groups in total. The zero-order chi connectivity index (χ0) is 19.4. The number of nitrogens with one attached hydrogen (secondary N) is 1. The van der Waals surface area contributed by atoms with Crippen LogP contribution in [0.25, 0.3) is 17.8 Å². The van der Waals surface area contributed by atoms with Crippen LogP contribution in [0, 0.1) is 0 Å². The van der Waals surface area contributed by atoms with Crippen LogP contribution < -0.4 is 15.6 Å². The molecule has 2 aromatic carbocycles. The number of thiol groups is 1. The number of rotatable bonds is 5. The average molecular weight is 400 g/mol. The molecule has 0 atom stereocenters. The zero-order valence-electron chi connectivity index (χ0n) is 14.8. The van der Waals surface area contributed by atoms with Crippen LogP contribution in [0.4, 0.5) is 5.69 Å². The van der Waals surface area contributed by atoms with E-state index in [2.05, 4.69) is 22.9 Å². The van der Waals surface area contributed by atoms with Gasteiger partial charge in [0, 0.05) is 18.1 Å². The van der Waals surface area contributed by atoms with Gasteiger partial charge >= 0.3 is 0 Å². The topological polar surface area (TPSA) is 56.2 Å². The number of aromatic nitrogens is 2. The molecule has 7 heteroatoms. The lowest BCUT2D eigenvalue weighted by Crippen LogP contribution is -2.20. The Morgan fingerprint density at radius 1 is 1.19 bits per heavy atom. The Hall–Kier alpha value is -2.70. The van der Waals surface area contributed by atoms with Crippen LogP contribution in [-0.4, -0.2) is 23.7 Å². The number of nitrogens with zero attached hydrogens (tertiary/aromatic N) is 2. The molecule has 1 aromatic heterocycles. The van der Waals surface area contributed by atoms with E-state index in [-0.39, 0.29) is 10.5 Å². The lowest BCUT2D eigenvalue weighted by molar-refractivity contribution is 0.416. The molecule has 1 heterocycles. The number of anilines is 1. The molecule has 0 saturated heterocycles. The second kappa shape index (κ2) is 8.33. The highest BCUT2D eigenvalue weighted by Gasteiger charge is 2.10. The van der Waals surface area contributed by atoms with Crippen LogP contribution >= 0.6 is 24.2 Å². The third-order valence-electron chi connectivity index (χ3n) is 4.01. The summed E-state index contributed by atoms with van der Waals surface area (Å²) in [6.07, 6.45) is 5.09. The fraction of sp³-hybridized carbons (Fsp3) is 0.100. The predicted octanol–water partition coefficient (Wildman–Crippen LogP) is 4.40. The molecule has 5 nitrogen and oxygen atoms in total. The molecule has 3 rings (SSSR count). The van der Waals surface area contributed by atoms with Crippen molar-refractivity contribution < 1.29 is 4.74 Å². The standard InChI is InChI=1S/C20H18ClN3O2S/c1-22-16-10-8-15(11-18(16)26-2)24-12-23-17(19(27)20(24)25)9-5-13-3-6-14(21)7-4-13/h3-12,22,27H,1-2H3/b9-5+. The van der Waals surface area contributed by atoms with E-state index < -0.39 is 0 Å². The molecule has 0 aliphatic rings. The van der Waals surface area contributed by atoms with Crippen molar-refractivity contribution in [2.24, 2.45) is 0 Å². The minimum absolute atomic E-state index is 0.261. The first-order valence-corrected chi connectivity index (χ1v) is 8.96. The Kier molecular flexibility index (Phi) is 5.88. The second-order valence-electron chi connectivity index (χ2n) is 5.67. The summed E-state index contributed by atoms with van der Waals surface area (Å²) in [6, 6.07) is 12.8. The quantitative estimate of drug-likeness (QED) is 0.624. The van der Waals surface area contributed by atoms with E-state index in [1.54, 1.807) is 38.4 Å². The molecule has 0 amide bonds. The smallest absolute Gasteiger partial charge is 0.271 e. The van der Waals surface area contributed by atoms with Gasteiger partial charge in [0.15, 0.2) is 0 Å². The maximum Gasteiger partial charge on any atom is 0.271 e. The number of hydrogen-bond donors (Lipinski definition) is 2. The monoisotopic (exact) mass is 399 g/mol. The number of ether oxygens (including phenoxy) is 1. The van der Waals surface area contributed by atoms with E-state index in [0.717, 1.165) is 11.3 Å². The third kappa shape index (κ3) is 4.18. The highest BCUT2D eigenvalue weighted by atomic mass is 35.5. The van der Waals surface area contributed by atoms with E-state index in [1.807, 2.05) is 30.3 Å². The molecule has 0 aliphatic carbocycles. The van der Waals surface area contributed by atoms with Gasteiger partial charge < -0.3 is 10.1 Å². The van der Waals surface area contributed by atoms with E-state index in [0.29, 0.717) is 22.2 Å². The lowest BCUT2D eigenvalue weighted by Gasteiger charge is -2.12. The van der Waals surface area contributed by atoms with Gasteiger partial charge in [-0.2, -0.15) is 0 Å².